The van der Waals surface area contributed by atoms with Crippen LogP contribution in [0.5, 0.6) is 5.75 Å². The number of rotatable bonds is 3. The molecule has 2 aromatic rings. The number of anilines is 1. The van der Waals surface area contributed by atoms with Crippen LogP contribution in [0.3, 0.4) is 0 Å². The van der Waals surface area contributed by atoms with Crippen LogP contribution in [0.25, 0.3) is 0 Å². The summed E-state index contributed by atoms with van der Waals surface area (Å²) in [7, 11) is 0. The number of amides is 2. The summed E-state index contributed by atoms with van der Waals surface area (Å²) in [6.45, 7) is 0.881. The van der Waals surface area contributed by atoms with Crippen molar-refractivity contribution in [2.24, 2.45) is 0 Å². The van der Waals surface area contributed by atoms with E-state index in [4.69, 9.17) is 16.3 Å². The van der Waals surface area contributed by atoms with E-state index in [0.29, 0.717) is 28.3 Å². The number of carbonyl (C=O) groups excluding carboxylic acids is 1. The zero-order chi connectivity index (χ0) is 20.8. The summed E-state index contributed by atoms with van der Waals surface area (Å²) in [5.41, 5.74) is 1.03. The Morgan fingerprint density at radius 3 is 2.90 bits per heavy atom. The largest absolute Gasteiger partial charge is 0.484 e. The lowest BCUT2D eigenvalue weighted by Crippen LogP contribution is -2.45. The Kier molecular flexibility index (Phi) is 5.12. The number of halogens is 3. The normalized spacial score (nSPS) is 25.0. The SMILES string of the molecule is C[C@]1(CF)C[C@@H](NC(=O)Nc2c(F)ccc3c2CC(O)C3)c2ccc(Cl)cc2O1. The lowest BCUT2D eigenvalue weighted by Gasteiger charge is -2.38. The number of fused-ring (bicyclic) bond motifs is 2. The molecule has 0 saturated carbocycles. The molecular weight excluding hydrogens is 402 g/mol. The second kappa shape index (κ2) is 7.46. The van der Waals surface area contributed by atoms with Crippen LogP contribution in [0.4, 0.5) is 19.3 Å². The average molecular weight is 423 g/mol. The lowest BCUT2D eigenvalue weighted by atomic mass is 9.89. The van der Waals surface area contributed by atoms with E-state index >= 15 is 0 Å². The van der Waals surface area contributed by atoms with Gasteiger partial charge >= 0.3 is 6.03 Å². The summed E-state index contributed by atoms with van der Waals surface area (Å²) in [6.07, 6.45) is 0.322. The fraction of sp³-hybridized carbons (Fsp3) is 0.381. The fourth-order valence-corrected chi connectivity index (χ4v) is 4.20. The predicted octanol–water partition coefficient (Wildman–Crippen LogP) is 4.31. The van der Waals surface area contributed by atoms with Gasteiger partial charge in [-0.3, -0.25) is 0 Å². The van der Waals surface area contributed by atoms with Crippen LogP contribution >= 0.6 is 11.6 Å². The first kappa shape index (κ1) is 19.9. The van der Waals surface area contributed by atoms with Crippen molar-refractivity contribution in [1.29, 1.82) is 0 Å². The number of alkyl halides is 1. The van der Waals surface area contributed by atoms with Gasteiger partial charge in [-0.05, 0) is 42.7 Å². The number of hydrogen-bond acceptors (Lipinski definition) is 3. The molecule has 2 aromatic carbocycles. The predicted molar refractivity (Wildman–Crippen MR) is 106 cm³/mol. The van der Waals surface area contributed by atoms with Crippen LogP contribution in [0, 0.1) is 5.82 Å². The summed E-state index contributed by atoms with van der Waals surface area (Å²) < 4.78 is 33.7. The summed E-state index contributed by atoms with van der Waals surface area (Å²) >= 11 is 6.02. The Morgan fingerprint density at radius 1 is 1.34 bits per heavy atom. The molecule has 5 nitrogen and oxygen atoms in total. The van der Waals surface area contributed by atoms with Gasteiger partial charge in [0.25, 0.3) is 0 Å². The third-order valence-electron chi connectivity index (χ3n) is 5.42. The highest BCUT2D eigenvalue weighted by molar-refractivity contribution is 6.30. The molecule has 8 heteroatoms. The minimum absolute atomic E-state index is 0.0631. The van der Waals surface area contributed by atoms with Gasteiger partial charge in [-0.2, -0.15) is 0 Å². The molecular formula is C21H21ClF2N2O3. The summed E-state index contributed by atoms with van der Waals surface area (Å²) in [4.78, 5) is 12.7. The monoisotopic (exact) mass is 422 g/mol. The zero-order valence-electron chi connectivity index (χ0n) is 15.8. The maximum Gasteiger partial charge on any atom is 0.319 e. The van der Waals surface area contributed by atoms with Crippen LogP contribution in [-0.4, -0.2) is 29.5 Å². The molecule has 3 N–H and O–H groups in total. The van der Waals surface area contributed by atoms with E-state index in [0.717, 1.165) is 5.56 Å². The van der Waals surface area contributed by atoms with Crippen molar-refractivity contribution in [2.45, 2.75) is 43.9 Å². The van der Waals surface area contributed by atoms with Crippen LogP contribution in [0.2, 0.25) is 5.02 Å². The Labute approximate surface area is 172 Å². The van der Waals surface area contributed by atoms with E-state index in [2.05, 4.69) is 10.6 Å². The molecule has 1 heterocycles. The molecule has 1 aliphatic heterocycles. The minimum atomic E-state index is -1.11. The first-order valence-electron chi connectivity index (χ1n) is 9.38. The highest BCUT2D eigenvalue weighted by Crippen LogP contribution is 2.41. The summed E-state index contributed by atoms with van der Waals surface area (Å²) in [5.74, 6) is -0.162. The van der Waals surface area contributed by atoms with E-state index in [-0.39, 0.29) is 18.5 Å². The molecule has 29 heavy (non-hydrogen) atoms. The first-order valence-corrected chi connectivity index (χ1v) is 9.76. The number of carbonyl (C=O) groups is 1. The van der Waals surface area contributed by atoms with E-state index in [1.165, 1.54) is 6.07 Å². The fourth-order valence-electron chi connectivity index (χ4n) is 4.04. The van der Waals surface area contributed by atoms with E-state index < -0.39 is 36.3 Å². The van der Waals surface area contributed by atoms with Crippen LogP contribution in [0.15, 0.2) is 30.3 Å². The van der Waals surface area contributed by atoms with Gasteiger partial charge in [0, 0.05) is 23.4 Å². The summed E-state index contributed by atoms with van der Waals surface area (Å²) in [5, 5.41) is 15.7. The van der Waals surface area contributed by atoms with Crippen molar-refractivity contribution >= 4 is 23.3 Å². The Hall–Kier alpha value is -2.38. The molecule has 1 unspecified atom stereocenters. The molecule has 3 atom stereocenters. The Balaban J connectivity index is 1.57. The zero-order valence-corrected chi connectivity index (χ0v) is 16.5. The molecule has 0 bridgehead atoms. The number of aliphatic hydroxyl groups excluding tert-OH is 1. The second-order valence-electron chi connectivity index (χ2n) is 7.85. The highest BCUT2D eigenvalue weighted by atomic mass is 35.5. The highest BCUT2D eigenvalue weighted by Gasteiger charge is 2.38. The van der Waals surface area contributed by atoms with Gasteiger partial charge in [0.2, 0.25) is 0 Å². The number of benzene rings is 2. The van der Waals surface area contributed by atoms with Gasteiger partial charge in [-0.25, -0.2) is 13.6 Å². The van der Waals surface area contributed by atoms with E-state index in [1.54, 1.807) is 31.2 Å². The van der Waals surface area contributed by atoms with Crippen molar-refractivity contribution < 1.29 is 23.4 Å². The van der Waals surface area contributed by atoms with Crippen molar-refractivity contribution in [3.8, 4) is 5.75 Å². The quantitative estimate of drug-likeness (QED) is 0.690. The van der Waals surface area contributed by atoms with Gasteiger partial charge in [-0.15, -0.1) is 0 Å². The topological polar surface area (TPSA) is 70.6 Å². The summed E-state index contributed by atoms with van der Waals surface area (Å²) in [6, 6.07) is 6.71. The van der Waals surface area contributed by atoms with Crippen molar-refractivity contribution in [3.05, 3.63) is 57.9 Å². The van der Waals surface area contributed by atoms with Gasteiger partial charge in [0.15, 0.2) is 0 Å². The van der Waals surface area contributed by atoms with Crippen molar-refractivity contribution in [1.82, 2.24) is 5.32 Å². The number of urea groups is 1. The molecule has 1 aliphatic carbocycles. The van der Waals surface area contributed by atoms with E-state index in [9.17, 15) is 18.7 Å². The van der Waals surface area contributed by atoms with Crippen molar-refractivity contribution in [3.63, 3.8) is 0 Å². The number of aliphatic hydroxyl groups is 1. The smallest absolute Gasteiger partial charge is 0.319 e. The molecule has 0 fully saturated rings. The van der Waals surface area contributed by atoms with Gasteiger partial charge in [0.05, 0.1) is 17.8 Å². The number of nitrogens with one attached hydrogen (secondary N) is 2. The molecule has 0 spiro atoms. The lowest BCUT2D eigenvalue weighted by molar-refractivity contribution is 0.0263. The first-order chi connectivity index (χ1) is 13.8. The van der Waals surface area contributed by atoms with Crippen LogP contribution in [-0.2, 0) is 12.8 Å². The molecule has 0 saturated heterocycles. The van der Waals surface area contributed by atoms with Crippen LogP contribution < -0.4 is 15.4 Å². The molecule has 2 aliphatic rings. The number of hydrogen-bond donors (Lipinski definition) is 3. The van der Waals surface area contributed by atoms with Crippen LogP contribution in [0.1, 0.15) is 36.1 Å². The Bertz CT molecular complexity index is 971. The number of ether oxygens (including phenoxy) is 1. The molecule has 0 aromatic heterocycles. The third kappa shape index (κ3) is 3.89. The Morgan fingerprint density at radius 2 is 2.14 bits per heavy atom. The van der Waals surface area contributed by atoms with Gasteiger partial charge in [-0.1, -0.05) is 23.7 Å². The van der Waals surface area contributed by atoms with Crippen molar-refractivity contribution in [2.75, 3.05) is 12.0 Å². The molecule has 0 radical (unpaired) electrons. The van der Waals surface area contributed by atoms with Gasteiger partial charge < -0.3 is 20.5 Å². The average Bonchev–Trinajstić information content (AvgIpc) is 3.04. The molecule has 4 rings (SSSR count). The molecule has 154 valence electrons. The second-order valence-corrected chi connectivity index (χ2v) is 8.28. The minimum Gasteiger partial charge on any atom is -0.484 e. The van der Waals surface area contributed by atoms with E-state index in [1.807, 2.05) is 0 Å². The van der Waals surface area contributed by atoms with Gasteiger partial charge in [0.1, 0.15) is 23.8 Å². The maximum atomic E-state index is 14.4. The third-order valence-corrected chi connectivity index (χ3v) is 5.66. The molecule has 2 amide bonds. The maximum absolute atomic E-state index is 14.4. The standard InChI is InChI=1S/C21H21ClF2N2O3/c1-21(10-23)9-17(14-4-3-12(22)7-18(14)29-21)25-20(28)26-19-15-8-13(27)6-11(15)2-5-16(19)24/h2-5,7,13,17,27H,6,8-10H2,1H3,(H2,25,26,28)/t13?,17-,21-/m1/s1.